The Morgan fingerprint density at radius 3 is 2.23 bits per heavy atom. The Hall–Kier alpha value is -0.170. The van der Waals surface area contributed by atoms with E-state index in [1.54, 1.807) is 0 Å². The summed E-state index contributed by atoms with van der Waals surface area (Å²) in [4.78, 5) is 5.03. The predicted molar refractivity (Wildman–Crippen MR) is 47.0 cm³/mol. The lowest BCUT2D eigenvalue weighted by molar-refractivity contribution is -0.0334. The molecule has 0 spiro atoms. The minimum Gasteiger partial charge on any atom is -0.283 e. The second kappa shape index (κ2) is 3.53. The molecule has 2 heterocycles. The van der Waals surface area contributed by atoms with E-state index in [-0.39, 0.29) is 0 Å². The molecule has 2 saturated heterocycles. The minimum atomic E-state index is -3.29. The monoisotopic (exact) mass is 206 g/mol. The zero-order valence-corrected chi connectivity index (χ0v) is 8.29. The molecule has 0 aromatic heterocycles. The van der Waals surface area contributed by atoms with E-state index < -0.39 is 10.2 Å². The van der Waals surface area contributed by atoms with Crippen LogP contribution in [0.2, 0.25) is 0 Å². The lowest BCUT2D eigenvalue weighted by atomic mass is 10.4. The quantitative estimate of drug-likeness (QED) is 0.637. The van der Waals surface area contributed by atoms with Crippen molar-refractivity contribution in [2.24, 2.45) is 0 Å². The van der Waals surface area contributed by atoms with Crippen LogP contribution in [0, 0.1) is 0 Å². The van der Waals surface area contributed by atoms with Gasteiger partial charge in [0.25, 0.3) is 0 Å². The fraction of sp³-hybridized carbons (Fsp3) is 1.00. The molecule has 0 unspecified atom stereocenters. The Morgan fingerprint density at radius 1 is 1.00 bits per heavy atom. The van der Waals surface area contributed by atoms with Crippen LogP contribution in [-0.4, -0.2) is 43.4 Å². The third-order valence-corrected chi connectivity index (χ3v) is 4.19. The van der Waals surface area contributed by atoms with Gasteiger partial charge in [0.05, 0.1) is 6.61 Å². The molecule has 0 radical (unpaired) electrons. The molecule has 76 valence electrons. The first-order valence-corrected chi connectivity index (χ1v) is 6.02. The number of rotatable bonds is 2. The van der Waals surface area contributed by atoms with Gasteiger partial charge in [-0.3, -0.25) is 4.84 Å². The second-order valence-electron chi connectivity index (χ2n) is 3.33. The Morgan fingerprint density at radius 2 is 1.69 bits per heavy atom. The molecule has 2 aliphatic heterocycles. The average molecular weight is 206 g/mol. The highest BCUT2D eigenvalue weighted by molar-refractivity contribution is 7.86. The number of nitrogens with zero attached hydrogens (tertiary/aromatic N) is 2. The van der Waals surface area contributed by atoms with E-state index >= 15 is 0 Å². The molecule has 6 heteroatoms. The first-order valence-electron chi connectivity index (χ1n) is 4.62. The van der Waals surface area contributed by atoms with E-state index in [4.69, 9.17) is 4.84 Å². The largest absolute Gasteiger partial charge is 0.304 e. The Balaban J connectivity index is 2.09. The van der Waals surface area contributed by atoms with Crippen molar-refractivity contribution in [3.05, 3.63) is 0 Å². The second-order valence-corrected chi connectivity index (χ2v) is 5.15. The van der Waals surface area contributed by atoms with Gasteiger partial charge in [-0.2, -0.15) is 12.7 Å². The Labute approximate surface area is 78.4 Å². The summed E-state index contributed by atoms with van der Waals surface area (Å²) in [6, 6.07) is 0. The van der Waals surface area contributed by atoms with Crippen molar-refractivity contribution in [3.8, 4) is 0 Å². The molecular weight excluding hydrogens is 192 g/mol. The number of hydroxylamine groups is 1. The fourth-order valence-corrected chi connectivity index (χ4v) is 3.20. The highest BCUT2D eigenvalue weighted by Gasteiger charge is 2.34. The van der Waals surface area contributed by atoms with Gasteiger partial charge in [0.2, 0.25) is 0 Å². The van der Waals surface area contributed by atoms with Crippen LogP contribution in [0.5, 0.6) is 0 Å². The summed E-state index contributed by atoms with van der Waals surface area (Å²) in [5.74, 6) is 0. The summed E-state index contributed by atoms with van der Waals surface area (Å²) < 4.78 is 26.1. The summed E-state index contributed by atoms with van der Waals surface area (Å²) in [7, 11) is -3.29. The van der Waals surface area contributed by atoms with Gasteiger partial charge in [0, 0.05) is 19.6 Å². The highest BCUT2D eigenvalue weighted by Crippen LogP contribution is 2.19. The molecule has 2 fully saturated rings. The van der Waals surface area contributed by atoms with Gasteiger partial charge in [-0.1, -0.05) is 4.47 Å². The molecule has 0 amide bonds. The fourth-order valence-electron chi connectivity index (χ4n) is 1.65. The summed E-state index contributed by atoms with van der Waals surface area (Å²) in [6.07, 6.45) is 2.73. The summed E-state index contributed by atoms with van der Waals surface area (Å²) >= 11 is 0. The van der Waals surface area contributed by atoms with Crippen molar-refractivity contribution < 1.29 is 13.3 Å². The average Bonchev–Trinajstić information content (AvgIpc) is 2.78. The molecule has 13 heavy (non-hydrogen) atoms. The van der Waals surface area contributed by atoms with Crippen molar-refractivity contribution in [2.75, 3.05) is 26.2 Å². The summed E-state index contributed by atoms with van der Waals surface area (Å²) in [6.45, 7) is 2.30. The van der Waals surface area contributed by atoms with E-state index in [9.17, 15) is 8.42 Å². The van der Waals surface area contributed by atoms with Crippen LogP contribution in [0.4, 0.5) is 0 Å². The predicted octanol–water partition coefficient (Wildman–Crippen LogP) is -0.0357. The smallest absolute Gasteiger partial charge is 0.283 e. The molecule has 0 atom stereocenters. The highest BCUT2D eigenvalue weighted by atomic mass is 32.2. The van der Waals surface area contributed by atoms with Gasteiger partial charge in [0.1, 0.15) is 0 Å². The van der Waals surface area contributed by atoms with Crippen LogP contribution in [0.25, 0.3) is 0 Å². The molecule has 0 aromatic rings. The third-order valence-electron chi connectivity index (χ3n) is 2.37. The molecule has 0 saturated carbocycles. The minimum absolute atomic E-state index is 0.499. The van der Waals surface area contributed by atoms with Crippen molar-refractivity contribution in [1.82, 2.24) is 8.77 Å². The molecule has 0 aromatic carbocycles. The van der Waals surface area contributed by atoms with Crippen LogP contribution in [0.3, 0.4) is 0 Å². The van der Waals surface area contributed by atoms with Gasteiger partial charge in [0.15, 0.2) is 0 Å². The SMILES string of the molecule is O=S(=O)(N1CCCC1)N1CCCO1. The van der Waals surface area contributed by atoms with E-state index in [2.05, 4.69) is 0 Å². The topological polar surface area (TPSA) is 49.9 Å². The Bertz CT molecular complexity index is 243. The third kappa shape index (κ3) is 1.71. The van der Waals surface area contributed by atoms with Crippen molar-refractivity contribution in [2.45, 2.75) is 19.3 Å². The molecule has 5 nitrogen and oxygen atoms in total. The maximum Gasteiger partial charge on any atom is 0.304 e. The molecule has 0 aliphatic carbocycles. The molecular formula is C7H14N2O3S. The van der Waals surface area contributed by atoms with E-state index in [1.165, 1.54) is 4.31 Å². The Kier molecular flexibility index (Phi) is 2.55. The zero-order valence-electron chi connectivity index (χ0n) is 7.48. The molecule has 2 rings (SSSR count). The first-order chi connectivity index (χ1) is 6.21. The summed E-state index contributed by atoms with van der Waals surface area (Å²) in [5, 5.41) is 0. The van der Waals surface area contributed by atoms with Crippen LogP contribution >= 0.6 is 0 Å². The van der Waals surface area contributed by atoms with E-state index in [0.29, 0.717) is 26.2 Å². The molecule has 2 aliphatic rings. The van der Waals surface area contributed by atoms with Gasteiger partial charge < -0.3 is 0 Å². The lowest BCUT2D eigenvalue weighted by Gasteiger charge is -2.21. The van der Waals surface area contributed by atoms with Gasteiger partial charge >= 0.3 is 10.2 Å². The normalized spacial score (nSPS) is 27.1. The van der Waals surface area contributed by atoms with Gasteiger partial charge in [-0.25, -0.2) is 0 Å². The number of hydrogen-bond donors (Lipinski definition) is 0. The number of hydrogen-bond acceptors (Lipinski definition) is 3. The summed E-state index contributed by atoms with van der Waals surface area (Å²) in [5.41, 5.74) is 0. The van der Waals surface area contributed by atoms with Crippen molar-refractivity contribution in [3.63, 3.8) is 0 Å². The standard InChI is InChI=1S/C7H14N2O3S/c10-13(11,8-4-1-2-5-8)9-6-3-7-12-9/h1-7H2. The first kappa shape index (κ1) is 9.39. The van der Waals surface area contributed by atoms with Crippen LogP contribution < -0.4 is 0 Å². The van der Waals surface area contributed by atoms with Crippen molar-refractivity contribution >= 4 is 10.2 Å². The van der Waals surface area contributed by atoms with Crippen LogP contribution in [0.15, 0.2) is 0 Å². The van der Waals surface area contributed by atoms with E-state index in [1.807, 2.05) is 0 Å². The molecule has 0 N–H and O–H groups in total. The maximum atomic E-state index is 11.8. The van der Waals surface area contributed by atoms with E-state index in [0.717, 1.165) is 23.7 Å². The van der Waals surface area contributed by atoms with Gasteiger partial charge in [-0.05, 0) is 19.3 Å². The molecule has 0 bridgehead atoms. The van der Waals surface area contributed by atoms with Crippen LogP contribution in [-0.2, 0) is 15.0 Å². The maximum absolute atomic E-state index is 11.8. The zero-order chi connectivity index (χ0) is 9.31. The van der Waals surface area contributed by atoms with Crippen LogP contribution in [0.1, 0.15) is 19.3 Å². The van der Waals surface area contributed by atoms with Crippen molar-refractivity contribution in [1.29, 1.82) is 0 Å². The lowest BCUT2D eigenvalue weighted by Crippen LogP contribution is -2.40. The van der Waals surface area contributed by atoms with Gasteiger partial charge in [-0.15, -0.1) is 0 Å².